The van der Waals surface area contributed by atoms with Crippen molar-refractivity contribution in [3.05, 3.63) is 35.4 Å². The Morgan fingerprint density at radius 2 is 2.00 bits per heavy atom. The number of halogens is 2. The second-order valence-corrected chi connectivity index (χ2v) is 5.15. The first-order chi connectivity index (χ1) is 8.72. The van der Waals surface area contributed by atoms with Gasteiger partial charge in [0.2, 0.25) is 0 Å². The highest BCUT2D eigenvalue weighted by Gasteiger charge is 2.23. The van der Waals surface area contributed by atoms with Gasteiger partial charge in [-0.25, -0.2) is 8.78 Å². The zero-order valence-corrected chi connectivity index (χ0v) is 10.9. The Balaban J connectivity index is 1.96. The minimum absolute atomic E-state index is 0.421. The summed E-state index contributed by atoms with van der Waals surface area (Å²) in [6.45, 7) is 2.62. The van der Waals surface area contributed by atoms with Gasteiger partial charge in [-0.15, -0.1) is 0 Å². The third-order valence-electron chi connectivity index (χ3n) is 4.02. The third-order valence-corrected chi connectivity index (χ3v) is 4.02. The second-order valence-electron chi connectivity index (χ2n) is 5.15. The van der Waals surface area contributed by atoms with E-state index < -0.39 is 11.6 Å². The topological polar surface area (TPSA) is 12.0 Å². The molecule has 18 heavy (non-hydrogen) atoms. The minimum Gasteiger partial charge on any atom is -0.310 e. The zero-order chi connectivity index (χ0) is 13.0. The second kappa shape index (κ2) is 6.28. The van der Waals surface area contributed by atoms with Gasteiger partial charge in [-0.1, -0.05) is 38.3 Å². The number of nitrogens with one attached hydrogen (secondary N) is 1. The molecule has 0 spiro atoms. The summed E-state index contributed by atoms with van der Waals surface area (Å²) in [6, 6.07) is 4.82. The molecule has 2 atom stereocenters. The highest BCUT2D eigenvalue weighted by Crippen LogP contribution is 2.27. The SMILES string of the molecule is CCC1CCCCC1NCc1cccc(F)c1F. The Morgan fingerprint density at radius 3 is 2.78 bits per heavy atom. The van der Waals surface area contributed by atoms with Crippen LogP contribution in [0.25, 0.3) is 0 Å². The summed E-state index contributed by atoms with van der Waals surface area (Å²) in [4.78, 5) is 0. The van der Waals surface area contributed by atoms with Crippen LogP contribution in [-0.4, -0.2) is 6.04 Å². The molecule has 0 aliphatic heterocycles. The first kappa shape index (κ1) is 13.5. The van der Waals surface area contributed by atoms with Crippen molar-refractivity contribution >= 4 is 0 Å². The fourth-order valence-corrected chi connectivity index (χ4v) is 2.89. The van der Waals surface area contributed by atoms with Gasteiger partial charge in [-0.3, -0.25) is 0 Å². The van der Waals surface area contributed by atoms with E-state index in [4.69, 9.17) is 0 Å². The summed E-state index contributed by atoms with van der Waals surface area (Å²) in [7, 11) is 0. The number of benzene rings is 1. The van der Waals surface area contributed by atoms with Crippen molar-refractivity contribution in [2.24, 2.45) is 5.92 Å². The van der Waals surface area contributed by atoms with E-state index in [-0.39, 0.29) is 0 Å². The Morgan fingerprint density at radius 1 is 1.22 bits per heavy atom. The normalized spacial score (nSPS) is 24.2. The van der Waals surface area contributed by atoms with Crippen molar-refractivity contribution in [2.75, 3.05) is 0 Å². The molecule has 2 unspecified atom stereocenters. The monoisotopic (exact) mass is 253 g/mol. The minimum atomic E-state index is -0.759. The van der Waals surface area contributed by atoms with Crippen LogP contribution in [0.15, 0.2) is 18.2 Å². The van der Waals surface area contributed by atoms with Crippen LogP contribution in [-0.2, 0) is 6.54 Å². The molecule has 2 rings (SSSR count). The van der Waals surface area contributed by atoms with Crippen molar-refractivity contribution in [1.82, 2.24) is 5.32 Å². The molecule has 1 fully saturated rings. The van der Waals surface area contributed by atoms with Gasteiger partial charge in [0, 0.05) is 18.2 Å². The average Bonchev–Trinajstić information content (AvgIpc) is 2.41. The summed E-state index contributed by atoms with van der Waals surface area (Å²) in [5, 5.41) is 3.40. The highest BCUT2D eigenvalue weighted by atomic mass is 19.2. The van der Waals surface area contributed by atoms with Gasteiger partial charge in [0.1, 0.15) is 0 Å². The van der Waals surface area contributed by atoms with Crippen LogP contribution in [0.5, 0.6) is 0 Å². The standard InChI is InChI=1S/C15H21F2N/c1-2-11-6-3-4-9-14(11)18-10-12-7-5-8-13(16)15(12)17/h5,7-8,11,14,18H,2-4,6,9-10H2,1H3. The molecule has 0 saturated heterocycles. The fraction of sp³-hybridized carbons (Fsp3) is 0.600. The van der Waals surface area contributed by atoms with E-state index in [9.17, 15) is 8.78 Å². The summed E-state index contributed by atoms with van der Waals surface area (Å²) >= 11 is 0. The lowest BCUT2D eigenvalue weighted by molar-refractivity contribution is 0.253. The summed E-state index contributed by atoms with van der Waals surface area (Å²) < 4.78 is 26.6. The van der Waals surface area contributed by atoms with Crippen molar-refractivity contribution in [3.63, 3.8) is 0 Å². The first-order valence-electron chi connectivity index (χ1n) is 6.88. The van der Waals surface area contributed by atoms with Crippen LogP contribution >= 0.6 is 0 Å². The van der Waals surface area contributed by atoms with Crippen molar-refractivity contribution < 1.29 is 8.78 Å². The highest BCUT2D eigenvalue weighted by molar-refractivity contribution is 5.18. The maximum atomic E-state index is 13.5. The van der Waals surface area contributed by atoms with Crippen molar-refractivity contribution in [2.45, 2.75) is 51.6 Å². The Hall–Kier alpha value is -0.960. The third kappa shape index (κ3) is 3.08. The van der Waals surface area contributed by atoms with E-state index in [0.29, 0.717) is 24.1 Å². The summed E-state index contributed by atoms with van der Waals surface area (Å²) in [5.41, 5.74) is 0.426. The molecule has 0 amide bonds. The zero-order valence-electron chi connectivity index (χ0n) is 10.9. The van der Waals surface area contributed by atoms with Crippen LogP contribution in [0.4, 0.5) is 8.78 Å². The molecule has 1 aliphatic carbocycles. The lowest BCUT2D eigenvalue weighted by Gasteiger charge is -2.31. The smallest absolute Gasteiger partial charge is 0.163 e. The van der Waals surface area contributed by atoms with Gasteiger partial charge < -0.3 is 5.32 Å². The summed E-state index contributed by atoms with van der Waals surface area (Å²) in [6.07, 6.45) is 6.09. The molecule has 3 heteroatoms. The fourth-order valence-electron chi connectivity index (χ4n) is 2.89. The van der Waals surface area contributed by atoms with Gasteiger partial charge in [-0.05, 0) is 24.8 Å². The van der Waals surface area contributed by atoms with Crippen LogP contribution in [0, 0.1) is 17.6 Å². The molecule has 0 aromatic heterocycles. The predicted octanol–water partition coefficient (Wildman–Crippen LogP) is 4.02. The lowest BCUT2D eigenvalue weighted by Crippen LogP contribution is -2.38. The van der Waals surface area contributed by atoms with Crippen molar-refractivity contribution in [1.29, 1.82) is 0 Å². The van der Waals surface area contributed by atoms with E-state index >= 15 is 0 Å². The predicted molar refractivity (Wildman–Crippen MR) is 69.2 cm³/mol. The number of rotatable bonds is 4. The van der Waals surface area contributed by atoms with E-state index in [1.807, 2.05) is 0 Å². The van der Waals surface area contributed by atoms with Crippen LogP contribution in [0.3, 0.4) is 0 Å². The molecular weight excluding hydrogens is 232 g/mol. The maximum absolute atomic E-state index is 13.5. The number of hydrogen-bond donors (Lipinski definition) is 1. The summed E-state index contributed by atoms with van der Waals surface area (Å²) in [5.74, 6) is -0.797. The van der Waals surface area contributed by atoms with E-state index in [1.54, 1.807) is 12.1 Å². The van der Waals surface area contributed by atoms with Gasteiger partial charge >= 0.3 is 0 Å². The molecule has 100 valence electrons. The molecule has 1 aromatic carbocycles. The Kier molecular flexibility index (Phi) is 4.70. The van der Waals surface area contributed by atoms with E-state index in [2.05, 4.69) is 12.2 Å². The molecule has 1 N–H and O–H groups in total. The lowest BCUT2D eigenvalue weighted by atomic mass is 9.83. The van der Waals surface area contributed by atoms with Gasteiger partial charge in [0.15, 0.2) is 11.6 Å². The molecule has 1 saturated carbocycles. The molecule has 0 radical (unpaired) electrons. The van der Waals surface area contributed by atoms with Crippen LogP contribution in [0.2, 0.25) is 0 Å². The number of hydrogen-bond acceptors (Lipinski definition) is 1. The first-order valence-corrected chi connectivity index (χ1v) is 6.88. The van der Waals surface area contributed by atoms with Gasteiger partial charge in [-0.2, -0.15) is 0 Å². The molecule has 1 nitrogen and oxygen atoms in total. The van der Waals surface area contributed by atoms with E-state index in [0.717, 1.165) is 18.9 Å². The maximum Gasteiger partial charge on any atom is 0.163 e. The Labute approximate surface area is 108 Å². The molecule has 0 bridgehead atoms. The average molecular weight is 253 g/mol. The van der Waals surface area contributed by atoms with Crippen LogP contribution in [0.1, 0.15) is 44.6 Å². The quantitative estimate of drug-likeness (QED) is 0.854. The van der Waals surface area contributed by atoms with Crippen molar-refractivity contribution in [3.8, 4) is 0 Å². The Bertz CT molecular complexity index is 392. The molecule has 1 aromatic rings. The molecular formula is C15H21F2N. The molecule has 1 aliphatic rings. The van der Waals surface area contributed by atoms with Crippen LogP contribution < -0.4 is 5.32 Å². The molecule has 0 heterocycles. The van der Waals surface area contributed by atoms with Gasteiger partial charge in [0.25, 0.3) is 0 Å². The largest absolute Gasteiger partial charge is 0.310 e. The van der Waals surface area contributed by atoms with E-state index in [1.165, 1.54) is 19.3 Å². The van der Waals surface area contributed by atoms with Gasteiger partial charge in [0.05, 0.1) is 0 Å².